The van der Waals surface area contributed by atoms with Crippen molar-refractivity contribution in [2.75, 3.05) is 20.6 Å². The van der Waals surface area contributed by atoms with E-state index < -0.39 is 28.6 Å². The van der Waals surface area contributed by atoms with Crippen molar-refractivity contribution in [3.63, 3.8) is 0 Å². The summed E-state index contributed by atoms with van der Waals surface area (Å²) in [6.45, 7) is 2.02. The molecule has 10 nitrogen and oxygen atoms in total. The Hall–Kier alpha value is -3.51. The van der Waals surface area contributed by atoms with Gasteiger partial charge in [-0.1, -0.05) is 23.9 Å². The number of pyridine rings is 1. The maximum Gasteiger partial charge on any atom is 0.275 e. The van der Waals surface area contributed by atoms with E-state index in [1.54, 1.807) is 21.0 Å². The fraction of sp³-hybridized carbons (Fsp3) is 0.375. The summed E-state index contributed by atoms with van der Waals surface area (Å²) in [6, 6.07) is 5.61. The van der Waals surface area contributed by atoms with Crippen LogP contribution in [0.3, 0.4) is 0 Å². The normalized spacial score (nSPS) is 18.7. The number of nitrogens with zero attached hydrogens (tertiary/aromatic N) is 1. The maximum atomic E-state index is 13.3. The molecule has 6 N–H and O–H groups in total. The second-order valence-electron chi connectivity index (χ2n) is 8.46. The Balaban J connectivity index is 1.76. The standard InChI is InChI=1S/C24H29FN6O4S/c1-4-31(24(29-3)10-14(11-24)22(34)28-2)23(35)18-20(33)19(32)16(12-30-18)21(27)36-17(26)9-13-5-7-15(25)8-6-13/h5-8,12,14,26-27,29,33H,4,9-11H2,1-3H3,(H,28,34)(H,30,32). The molecule has 1 aromatic carbocycles. The van der Waals surface area contributed by atoms with Crippen molar-refractivity contribution in [2.45, 2.75) is 31.8 Å². The quantitative estimate of drug-likeness (QED) is 0.179. The molecule has 1 aliphatic carbocycles. The first kappa shape index (κ1) is 27.1. The minimum atomic E-state index is -0.907. The molecule has 1 saturated carbocycles. The Kier molecular flexibility index (Phi) is 8.31. The lowest BCUT2D eigenvalue weighted by atomic mass is 9.72. The Morgan fingerprint density at radius 2 is 1.89 bits per heavy atom. The van der Waals surface area contributed by atoms with E-state index in [0.717, 1.165) is 11.8 Å². The molecule has 3 rings (SSSR count). The summed E-state index contributed by atoms with van der Waals surface area (Å²) >= 11 is 0.724. The number of rotatable bonds is 8. The van der Waals surface area contributed by atoms with Crippen LogP contribution < -0.4 is 16.1 Å². The first-order valence-corrected chi connectivity index (χ1v) is 12.1. The van der Waals surface area contributed by atoms with Gasteiger partial charge in [0.05, 0.1) is 16.3 Å². The number of carbonyl (C=O) groups is 2. The Morgan fingerprint density at radius 1 is 1.25 bits per heavy atom. The van der Waals surface area contributed by atoms with Crippen LogP contribution in [-0.2, 0) is 11.2 Å². The van der Waals surface area contributed by atoms with Crippen molar-refractivity contribution < 1.29 is 19.1 Å². The molecule has 0 saturated heterocycles. The fourth-order valence-corrected chi connectivity index (χ4v) is 5.08. The third-order valence-electron chi connectivity index (χ3n) is 6.35. The number of H-pyrrole nitrogens is 1. The molecule has 0 spiro atoms. The van der Waals surface area contributed by atoms with Gasteiger partial charge in [-0.3, -0.25) is 30.5 Å². The third-order valence-corrected chi connectivity index (χ3v) is 7.16. The van der Waals surface area contributed by atoms with Gasteiger partial charge in [-0.15, -0.1) is 0 Å². The average molecular weight is 517 g/mol. The molecule has 12 heteroatoms. The number of aromatic hydroxyl groups is 1. The van der Waals surface area contributed by atoms with Gasteiger partial charge in [0.15, 0.2) is 11.4 Å². The number of aromatic amines is 1. The highest BCUT2D eigenvalue weighted by atomic mass is 32.2. The van der Waals surface area contributed by atoms with Gasteiger partial charge in [-0.05, 0) is 44.5 Å². The van der Waals surface area contributed by atoms with Crippen molar-refractivity contribution in [2.24, 2.45) is 5.92 Å². The molecule has 1 aromatic heterocycles. The van der Waals surface area contributed by atoms with Crippen molar-refractivity contribution in [3.8, 4) is 5.75 Å². The summed E-state index contributed by atoms with van der Waals surface area (Å²) in [5.41, 5.74) is -1.54. The Bertz CT molecular complexity index is 1240. The molecule has 1 fully saturated rings. The van der Waals surface area contributed by atoms with Crippen molar-refractivity contribution in [3.05, 3.63) is 63.3 Å². The predicted octanol–water partition coefficient (Wildman–Crippen LogP) is 2.03. The van der Waals surface area contributed by atoms with E-state index >= 15 is 0 Å². The minimum absolute atomic E-state index is 0.0504. The van der Waals surface area contributed by atoms with Gasteiger partial charge in [0, 0.05) is 32.1 Å². The summed E-state index contributed by atoms with van der Waals surface area (Å²) in [4.78, 5) is 42.2. The van der Waals surface area contributed by atoms with E-state index in [4.69, 9.17) is 10.8 Å². The van der Waals surface area contributed by atoms with Crippen LogP contribution >= 0.6 is 11.8 Å². The zero-order chi connectivity index (χ0) is 26.6. The second kappa shape index (κ2) is 11.0. The number of hydrogen-bond donors (Lipinski definition) is 6. The summed E-state index contributed by atoms with van der Waals surface area (Å²) in [7, 11) is 3.23. The van der Waals surface area contributed by atoms with Gasteiger partial charge in [0.1, 0.15) is 10.9 Å². The highest BCUT2D eigenvalue weighted by molar-refractivity contribution is 8.26. The molecule has 0 atom stereocenters. The topological polar surface area (TPSA) is 162 Å². The van der Waals surface area contributed by atoms with Gasteiger partial charge < -0.3 is 20.3 Å². The SMILES string of the molecule is CCN(C(=O)c1[nH]cc(C(=N)SC(=N)Cc2ccc(F)cc2)c(=O)c1O)C1(NC)CC(C(=O)NC)C1. The number of aromatic nitrogens is 1. The molecular formula is C24H29FN6O4S. The van der Waals surface area contributed by atoms with Crippen molar-refractivity contribution in [1.29, 1.82) is 10.8 Å². The van der Waals surface area contributed by atoms with Gasteiger partial charge in [0.2, 0.25) is 11.3 Å². The summed E-state index contributed by atoms with van der Waals surface area (Å²) in [5, 5.41) is 32.4. The highest BCUT2D eigenvalue weighted by Crippen LogP contribution is 2.41. The van der Waals surface area contributed by atoms with Crippen LogP contribution in [0, 0.1) is 22.6 Å². The molecule has 192 valence electrons. The lowest BCUT2D eigenvalue weighted by molar-refractivity contribution is -0.134. The van der Waals surface area contributed by atoms with Crippen LogP contribution in [-0.4, -0.2) is 63.2 Å². The largest absolute Gasteiger partial charge is 0.503 e. The number of thioether (sulfide) groups is 1. The number of carbonyl (C=O) groups excluding carboxylic acids is 2. The molecule has 36 heavy (non-hydrogen) atoms. The molecule has 0 aliphatic heterocycles. The lowest BCUT2D eigenvalue weighted by Crippen LogP contribution is -2.68. The van der Waals surface area contributed by atoms with Gasteiger partial charge in [-0.25, -0.2) is 4.39 Å². The smallest absolute Gasteiger partial charge is 0.275 e. The predicted molar refractivity (Wildman–Crippen MR) is 136 cm³/mol. The van der Waals surface area contributed by atoms with Gasteiger partial charge in [0.25, 0.3) is 5.91 Å². The molecular weight excluding hydrogens is 487 g/mol. The second-order valence-corrected chi connectivity index (χ2v) is 9.57. The number of halogens is 1. The third kappa shape index (κ3) is 5.34. The van der Waals surface area contributed by atoms with Crippen LogP contribution in [0.5, 0.6) is 5.75 Å². The van der Waals surface area contributed by atoms with E-state index in [2.05, 4.69) is 15.6 Å². The average Bonchev–Trinajstić information content (AvgIpc) is 2.83. The van der Waals surface area contributed by atoms with Crippen LogP contribution in [0.2, 0.25) is 0 Å². The fourth-order valence-electron chi connectivity index (χ4n) is 4.33. The molecule has 0 radical (unpaired) electrons. The van der Waals surface area contributed by atoms with E-state index in [-0.39, 0.29) is 46.1 Å². The molecule has 2 amide bonds. The molecule has 0 bridgehead atoms. The zero-order valence-electron chi connectivity index (χ0n) is 20.2. The van der Waals surface area contributed by atoms with E-state index in [1.807, 2.05) is 0 Å². The van der Waals surface area contributed by atoms with Crippen molar-refractivity contribution in [1.82, 2.24) is 20.5 Å². The zero-order valence-corrected chi connectivity index (χ0v) is 21.0. The minimum Gasteiger partial charge on any atom is -0.503 e. The Morgan fingerprint density at radius 3 is 2.44 bits per heavy atom. The van der Waals surface area contributed by atoms with Crippen LogP contribution in [0.4, 0.5) is 4.39 Å². The van der Waals surface area contributed by atoms with Gasteiger partial charge >= 0.3 is 0 Å². The first-order valence-electron chi connectivity index (χ1n) is 11.3. The van der Waals surface area contributed by atoms with Crippen LogP contribution in [0.15, 0.2) is 35.3 Å². The molecule has 0 unspecified atom stereocenters. The summed E-state index contributed by atoms with van der Waals surface area (Å²) < 4.78 is 13.1. The number of hydrogen-bond acceptors (Lipinski definition) is 8. The number of amides is 2. The van der Waals surface area contributed by atoms with Crippen molar-refractivity contribution >= 4 is 33.7 Å². The Labute approximate surface area is 211 Å². The summed E-state index contributed by atoms with van der Waals surface area (Å²) in [5.74, 6) is -2.22. The van der Waals surface area contributed by atoms with E-state index in [1.165, 1.54) is 35.4 Å². The number of nitrogens with one attached hydrogen (secondary N) is 5. The summed E-state index contributed by atoms with van der Waals surface area (Å²) in [6.07, 6.45) is 2.07. The van der Waals surface area contributed by atoms with E-state index in [9.17, 15) is 23.9 Å². The van der Waals surface area contributed by atoms with E-state index in [0.29, 0.717) is 18.4 Å². The van der Waals surface area contributed by atoms with Gasteiger partial charge in [-0.2, -0.15) is 0 Å². The van der Waals surface area contributed by atoms with Crippen LogP contribution in [0.1, 0.15) is 41.4 Å². The monoisotopic (exact) mass is 516 g/mol. The first-order chi connectivity index (χ1) is 17.1. The molecule has 1 heterocycles. The van der Waals surface area contributed by atoms with Crippen LogP contribution in [0.25, 0.3) is 0 Å². The molecule has 2 aromatic rings. The maximum absolute atomic E-state index is 13.3. The highest BCUT2D eigenvalue weighted by Gasteiger charge is 2.51. The lowest BCUT2D eigenvalue weighted by Gasteiger charge is -2.53. The number of benzene rings is 1. The molecule has 1 aliphatic rings.